The number of amides is 1. The molecule has 0 aromatic carbocycles. The van der Waals surface area contributed by atoms with Crippen LogP contribution in [0.25, 0.3) is 0 Å². The average Bonchev–Trinajstić information content (AvgIpc) is 2.74. The van der Waals surface area contributed by atoms with E-state index in [1.165, 1.54) is 12.8 Å². The first kappa shape index (κ1) is 14.5. The highest BCUT2D eigenvalue weighted by Gasteiger charge is 2.23. The highest BCUT2D eigenvalue weighted by molar-refractivity contribution is 5.76. The van der Waals surface area contributed by atoms with Crippen LogP contribution < -0.4 is 5.32 Å². The van der Waals surface area contributed by atoms with E-state index < -0.39 is 0 Å². The van der Waals surface area contributed by atoms with E-state index in [0.29, 0.717) is 30.3 Å². The number of nitrogens with zero attached hydrogens (tertiary/aromatic N) is 1. The third kappa shape index (κ3) is 5.07. The maximum absolute atomic E-state index is 12.2. The Morgan fingerprint density at radius 3 is 2.53 bits per heavy atom. The molecule has 1 saturated heterocycles. The zero-order valence-corrected chi connectivity index (χ0v) is 11.8. The first-order valence-corrected chi connectivity index (χ1v) is 7.03. The van der Waals surface area contributed by atoms with Gasteiger partial charge < -0.3 is 10.2 Å². The summed E-state index contributed by atoms with van der Waals surface area (Å²) in [4.78, 5) is 14.2. The van der Waals surface area contributed by atoms with E-state index in [2.05, 4.69) is 33.0 Å². The minimum atomic E-state index is 0.317. The topological polar surface area (TPSA) is 32.3 Å². The van der Waals surface area contributed by atoms with Gasteiger partial charge in [-0.1, -0.05) is 13.8 Å². The van der Waals surface area contributed by atoms with Gasteiger partial charge in [0, 0.05) is 25.0 Å². The van der Waals surface area contributed by atoms with Crippen molar-refractivity contribution >= 4 is 5.91 Å². The fraction of sp³-hybridized carbons (Fsp3) is 0.929. The Labute approximate surface area is 106 Å². The third-order valence-corrected chi connectivity index (χ3v) is 3.46. The van der Waals surface area contributed by atoms with E-state index >= 15 is 0 Å². The minimum absolute atomic E-state index is 0.317. The summed E-state index contributed by atoms with van der Waals surface area (Å²) < 4.78 is 0. The molecule has 0 aromatic heterocycles. The van der Waals surface area contributed by atoms with Gasteiger partial charge in [-0.05, 0) is 45.6 Å². The first-order chi connectivity index (χ1) is 8.00. The second-order valence-corrected chi connectivity index (χ2v) is 5.87. The molecule has 1 amide bonds. The zero-order chi connectivity index (χ0) is 12.8. The fourth-order valence-corrected chi connectivity index (χ4v) is 2.31. The van der Waals surface area contributed by atoms with Crippen LogP contribution in [0.2, 0.25) is 0 Å². The molecule has 1 N–H and O–H groups in total. The Morgan fingerprint density at radius 2 is 2.06 bits per heavy atom. The van der Waals surface area contributed by atoms with Crippen molar-refractivity contribution in [1.82, 2.24) is 10.2 Å². The molecule has 1 fully saturated rings. The summed E-state index contributed by atoms with van der Waals surface area (Å²) in [5.41, 5.74) is 0. The summed E-state index contributed by atoms with van der Waals surface area (Å²) in [7, 11) is 0. The van der Waals surface area contributed by atoms with E-state index in [-0.39, 0.29) is 0 Å². The van der Waals surface area contributed by atoms with Gasteiger partial charge in [0.05, 0.1) is 0 Å². The number of carbonyl (C=O) groups is 1. The molecule has 0 bridgehead atoms. The van der Waals surface area contributed by atoms with Gasteiger partial charge in [0.2, 0.25) is 5.91 Å². The molecule has 1 rings (SSSR count). The largest absolute Gasteiger partial charge is 0.339 e. The Bertz CT molecular complexity index is 232. The Kier molecular flexibility index (Phi) is 5.96. The van der Waals surface area contributed by atoms with E-state index in [1.807, 2.05) is 4.90 Å². The van der Waals surface area contributed by atoms with Gasteiger partial charge in [-0.2, -0.15) is 0 Å². The van der Waals surface area contributed by atoms with Gasteiger partial charge in [0.15, 0.2) is 0 Å². The number of nitrogens with one attached hydrogen (secondary N) is 1. The second kappa shape index (κ2) is 7.00. The normalized spacial score (nSPS) is 20.2. The van der Waals surface area contributed by atoms with E-state index in [9.17, 15) is 4.79 Å². The number of rotatable bonds is 6. The van der Waals surface area contributed by atoms with Crippen LogP contribution in [-0.2, 0) is 4.79 Å². The maximum Gasteiger partial charge on any atom is 0.222 e. The lowest BCUT2D eigenvalue weighted by Crippen LogP contribution is -2.44. The van der Waals surface area contributed by atoms with E-state index in [1.54, 1.807) is 0 Å². The van der Waals surface area contributed by atoms with Crippen LogP contribution in [-0.4, -0.2) is 36.0 Å². The predicted molar refractivity (Wildman–Crippen MR) is 71.9 cm³/mol. The fourth-order valence-electron chi connectivity index (χ4n) is 2.31. The molecule has 1 atom stereocenters. The maximum atomic E-state index is 12.2. The van der Waals surface area contributed by atoms with Crippen molar-refractivity contribution in [2.75, 3.05) is 13.1 Å². The van der Waals surface area contributed by atoms with Gasteiger partial charge in [0.25, 0.3) is 0 Å². The molecule has 0 aliphatic carbocycles. The number of carbonyl (C=O) groups excluding carboxylic acids is 1. The predicted octanol–water partition coefficient (Wildman–Crippen LogP) is 2.41. The standard InChI is InChI=1S/C14H28N2O/c1-11(2)7-8-14(17)16(12(3)4)10-13-6-5-9-15-13/h11-13,15H,5-10H2,1-4H3. The van der Waals surface area contributed by atoms with Crippen LogP contribution in [0.5, 0.6) is 0 Å². The quantitative estimate of drug-likeness (QED) is 0.773. The smallest absolute Gasteiger partial charge is 0.222 e. The van der Waals surface area contributed by atoms with Gasteiger partial charge >= 0.3 is 0 Å². The lowest BCUT2D eigenvalue weighted by molar-refractivity contribution is -0.133. The highest BCUT2D eigenvalue weighted by atomic mass is 16.2. The lowest BCUT2D eigenvalue weighted by Gasteiger charge is -2.30. The van der Waals surface area contributed by atoms with E-state index in [4.69, 9.17) is 0 Å². The van der Waals surface area contributed by atoms with Crippen LogP contribution >= 0.6 is 0 Å². The highest BCUT2D eigenvalue weighted by Crippen LogP contribution is 2.13. The Balaban J connectivity index is 2.43. The SMILES string of the molecule is CC(C)CCC(=O)N(CC1CCCN1)C(C)C. The Hall–Kier alpha value is -0.570. The molecule has 1 aliphatic heterocycles. The van der Waals surface area contributed by atoms with Crippen molar-refractivity contribution in [2.24, 2.45) is 5.92 Å². The summed E-state index contributed by atoms with van der Waals surface area (Å²) in [5.74, 6) is 0.931. The van der Waals surface area contributed by atoms with Crippen LogP contribution in [0.1, 0.15) is 53.4 Å². The number of hydrogen-bond acceptors (Lipinski definition) is 2. The molecule has 0 saturated carbocycles. The third-order valence-electron chi connectivity index (χ3n) is 3.46. The van der Waals surface area contributed by atoms with Gasteiger partial charge in [-0.25, -0.2) is 0 Å². The van der Waals surface area contributed by atoms with Crippen molar-refractivity contribution in [3.63, 3.8) is 0 Å². The van der Waals surface area contributed by atoms with Crippen molar-refractivity contribution in [1.29, 1.82) is 0 Å². The summed E-state index contributed by atoms with van der Waals surface area (Å²) in [5, 5.41) is 3.47. The summed E-state index contributed by atoms with van der Waals surface area (Å²) in [6.45, 7) is 10.6. The molecule has 1 unspecified atom stereocenters. The Morgan fingerprint density at radius 1 is 1.35 bits per heavy atom. The molecule has 1 aliphatic rings. The summed E-state index contributed by atoms with van der Waals surface area (Å²) >= 11 is 0. The van der Waals surface area contributed by atoms with Crippen LogP contribution in [0, 0.1) is 5.92 Å². The average molecular weight is 240 g/mol. The zero-order valence-electron chi connectivity index (χ0n) is 11.8. The van der Waals surface area contributed by atoms with E-state index in [0.717, 1.165) is 19.5 Å². The second-order valence-electron chi connectivity index (χ2n) is 5.87. The van der Waals surface area contributed by atoms with Crippen molar-refractivity contribution in [3.8, 4) is 0 Å². The molecule has 3 nitrogen and oxygen atoms in total. The molecule has 0 spiro atoms. The van der Waals surface area contributed by atoms with Crippen LogP contribution in [0.4, 0.5) is 0 Å². The molecule has 17 heavy (non-hydrogen) atoms. The van der Waals surface area contributed by atoms with Gasteiger partial charge in [0.1, 0.15) is 0 Å². The van der Waals surface area contributed by atoms with Gasteiger partial charge in [-0.3, -0.25) is 4.79 Å². The van der Waals surface area contributed by atoms with Crippen LogP contribution in [0.3, 0.4) is 0 Å². The summed E-state index contributed by atoms with van der Waals surface area (Å²) in [6.07, 6.45) is 4.15. The molecule has 1 heterocycles. The van der Waals surface area contributed by atoms with Crippen molar-refractivity contribution in [2.45, 2.75) is 65.5 Å². The number of hydrogen-bond donors (Lipinski definition) is 1. The molecule has 0 radical (unpaired) electrons. The van der Waals surface area contributed by atoms with Gasteiger partial charge in [-0.15, -0.1) is 0 Å². The molecule has 0 aromatic rings. The molecule has 100 valence electrons. The minimum Gasteiger partial charge on any atom is -0.339 e. The van der Waals surface area contributed by atoms with Crippen molar-refractivity contribution in [3.05, 3.63) is 0 Å². The molecular formula is C14H28N2O. The molecule has 3 heteroatoms. The summed E-state index contributed by atoms with van der Waals surface area (Å²) in [6, 6.07) is 0.831. The van der Waals surface area contributed by atoms with Crippen molar-refractivity contribution < 1.29 is 4.79 Å². The lowest BCUT2D eigenvalue weighted by atomic mass is 10.1. The van der Waals surface area contributed by atoms with Crippen LogP contribution in [0.15, 0.2) is 0 Å². The monoisotopic (exact) mass is 240 g/mol. The first-order valence-electron chi connectivity index (χ1n) is 7.03. The molecular weight excluding hydrogens is 212 g/mol.